The summed E-state index contributed by atoms with van der Waals surface area (Å²) in [6.45, 7) is 1.15. The van der Waals surface area contributed by atoms with Crippen LogP contribution in [0.5, 0.6) is 0 Å². The van der Waals surface area contributed by atoms with Crippen molar-refractivity contribution >= 4 is 0 Å². The molecule has 1 aromatic heterocycles. The van der Waals surface area contributed by atoms with Gasteiger partial charge in [-0.25, -0.2) is 4.98 Å². The fourth-order valence-corrected chi connectivity index (χ4v) is 1.64. The molecule has 0 unspecified atom stereocenters. The lowest BCUT2D eigenvalue weighted by Gasteiger charge is -2.09. The van der Waals surface area contributed by atoms with Gasteiger partial charge < -0.3 is 9.88 Å². The van der Waals surface area contributed by atoms with Gasteiger partial charge in [0.15, 0.2) is 0 Å². The molecule has 0 radical (unpaired) electrons. The van der Waals surface area contributed by atoms with Gasteiger partial charge in [0.2, 0.25) is 0 Å². The summed E-state index contributed by atoms with van der Waals surface area (Å²) in [5, 5.41) is 3.44. The molecular weight excluding hydrogens is 138 g/mol. The highest BCUT2D eigenvalue weighted by molar-refractivity contribution is 5.06. The SMILES string of the molecule is Cn1cncc1[C@H]1CCCN1. The fourth-order valence-electron chi connectivity index (χ4n) is 1.64. The van der Waals surface area contributed by atoms with Crippen LogP contribution >= 0.6 is 0 Å². The maximum atomic E-state index is 4.09. The number of aromatic nitrogens is 2. The van der Waals surface area contributed by atoms with Crippen molar-refractivity contribution in [2.24, 2.45) is 7.05 Å². The van der Waals surface area contributed by atoms with E-state index in [-0.39, 0.29) is 0 Å². The van der Waals surface area contributed by atoms with Crippen LogP contribution in [0.1, 0.15) is 24.6 Å². The second-order valence-corrected chi connectivity index (χ2v) is 3.08. The maximum Gasteiger partial charge on any atom is 0.0946 e. The molecule has 0 bridgehead atoms. The molecule has 3 nitrogen and oxygen atoms in total. The zero-order valence-corrected chi connectivity index (χ0v) is 6.75. The van der Waals surface area contributed by atoms with Crippen molar-refractivity contribution in [1.82, 2.24) is 14.9 Å². The smallest absolute Gasteiger partial charge is 0.0946 e. The number of rotatable bonds is 1. The second kappa shape index (κ2) is 2.66. The molecule has 1 aliphatic heterocycles. The van der Waals surface area contributed by atoms with Crippen LogP contribution in [0, 0.1) is 0 Å². The number of hydrogen-bond acceptors (Lipinski definition) is 2. The number of aryl methyl sites for hydroxylation is 1. The Labute approximate surface area is 66.4 Å². The van der Waals surface area contributed by atoms with E-state index in [9.17, 15) is 0 Å². The third-order valence-electron chi connectivity index (χ3n) is 2.27. The van der Waals surface area contributed by atoms with Crippen LogP contribution < -0.4 is 5.32 Å². The third kappa shape index (κ3) is 1.16. The van der Waals surface area contributed by atoms with E-state index in [0.29, 0.717) is 6.04 Å². The molecule has 1 atom stereocenters. The van der Waals surface area contributed by atoms with E-state index in [1.165, 1.54) is 18.5 Å². The predicted molar refractivity (Wildman–Crippen MR) is 43.2 cm³/mol. The Hall–Kier alpha value is -0.830. The molecule has 3 heteroatoms. The summed E-state index contributed by atoms with van der Waals surface area (Å²) in [5.74, 6) is 0. The van der Waals surface area contributed by atoms with Crippen LogP contribution in [0.2, 0.25) is 0 Å². The minimum atomic E-state index is 0.544. The Morgan fingerprint density at radius 3 is 3.18 bits per heavy atom. The van der Waals surface area contributed by atoms with Crippen LogP contribution in [0.4, 0.5) is 0 Å². The standard InChI is InChI=1S/C8H13N3/c1-11-6-9-5-8(11)7-3-2-4-10-7/h5-7,10H,2-4H2,1H3/t7-/m1/s1. The molecule has 0 aromatic carbocycles. The van der Waals surface area contributed by atoms with Crippen molar-refractivity contribution in [3.63, 3.8) is 0 Å². The number of nitrogens with zero attached hydrogens (tertiary/aromatic N) is 2. The highest BCUT2D eigenvalue weighted by Gasteiger charge is 2.17. The molecule has 0 aliphatic carbocycles. The van der Waals surface area contributed by atoms with Gasteiger partial charge in [0.05, 0.1) is 12.0 Å². The molecule has 1 fully saturated rings. The van der Waals surface area contributed by atoms with Crippen LogP contribution in [0.3, 0.4) is 0 Å². The summed E-state index contributed by atoms with van der Waals surface area (Å²) in [6, 6.07) is 0.544. The molecule has 1 aliphatic rings. The summed E-state index contributed by atoms with van der Waals surface area (Å²) in [4.78, 5) is 4.09. The van der Waals surface area contributed by atoms with Gasteiger partial charge >= 0.3 is 0 Å². The topological polar surface area (TPSA) is 29.9 Å². The van der Waals surface area contributed by atoms with Gasteiger partial charge in [0.1, 0.15) is 0 Å². The lowest BCUT2D eigenvalue weighted by molar-refractivity contribution is 0.599. The number of nitrogens with one attached hydrogen (secondary N) is 1. The zero-order chi connectivity index (χ0) is 7.68. The van der Waals surface area contributed by atoms with Crippen LogP contribution in [0.25, 0.3) is 0 Å². The Morgan fingerprint density at radius 1 is 1.73 bits per heavy atom. The highest BCUT2D eigenvalue weighted by Crippen LogP contribution is 2.21. The van der Waals surface area contributed by atoms with Gasteiger partial charge in [0, 0.05) is 19.3 Å². The van der Waals surface area contributed by atoms with E-state index in [1.807, 2.05) is 19.6 Å². The van der Waals surface area contributed by atoms with Crippen LogP contribution in [-0.2, 0) is 7.05 Å². The summed E-state index contributed by atoms with van der Waals surface area (Å²) < 4.78 is 2.09. The van der Waals surface area contributed by atoms with Crippen LogP contribution in [0.15, 0.2) is 12.5 Å². The van der Waals surface area contributed by atoms with E-state index in [0.717, 1.165) is 6.54 Å². The van der Waals surface area contributed by atoms with E-state index in [4.69, 9.17) is 0 Å². The summed E-state index contributed by atoms with van der Waals surface area (Å²) in [5.41, 5.74) is 1.31. The number of imidazole rings is 1. The van der Waals surface area contributed by atoms with E-state index in [1.54, 1.807) is 0 Å². The first kappa shape index (κ1) is 6.85. The Kier molecular flexibility index (Phi) is 1.66. The van der Waals surface area contributed by atoms with Gasteiger partial charge in [-0.2, -0.15) is 0 Å². The largest absolute Gasteiger partial charge is 0.336 e. The monoisotopic (exact) mass is 151 g/mol. The molecule has 1 aromatic rings. The average molecular weight is 151 g/mol. The lowest BCUT2D eigenvalue weighted by atomic mass is 10.2. The third-order valence-corrected chi connectivity index (χ3v) is 2.27. The Bertz CT molecular complexity index is 235. The Balaban J connectivity index is 2.21. The first-order chi connectivity index (χ1) is 5.38. The van der Waals surface area contributed by atoms with Crippen molar-refractivity contribution < 1.29 is 0 Å². The fraction of sp³-hybridized carbons (Fsp3) is 0.625. The average Bonchev–Trinajstić information content (AvgIpc) is 2.55. The van der Waals surface area contributed by atoms with Crippen molar-refractivity contribution in [3.05, 3.63) is 18.2 Å². The molecular formula is C8H13N3. The Morgan fingerprint density at radius 2 is 2.64 bits per heavy atom. The highest BCUT2D eigenvalue weighted by atomic mass is 15.1. The first-order valence-electron chi connectivity index (χ1n) is 4.07. The van der Waals surface area contributed by atoms with Gasteiger partial charge in [0.25, 0.3) is 0 Å². The van der Waals surface area contributed by atoms with Gasteiger partial charge in [-0.15, -0.1) is 0 Å². The van der Waals surface area contributed by atoms with E-state index in [2.05, 4.69) is 14.9 Å². The molecule has 1 N–H and O–H groups in total. The van der Waals surface area contributed by atoms with Gasteiger partial charge in [-0.3, -0.25) is 0 Å². The zero-order valence-electron chi connectivity index (χ0n) is 6.75. The summed E-state index contributed by atoms with van der Waals surface area (Å²) in [7, 11) is 2.04. The molecule has 1 saturated heterocycles. The van der Waals surface area contributed by atoms with Gasteiger partial charge in [-0.05, 0) is 19.4 Å². The summed E-state index contributed by atoms with van der Waals surface area (Å²) >= 11 is 0. The molecule has 2 rings (SSSR count). The van der Waals surface area contributed by atoms with Crippen LogP contribution in [-0.4, -0.2) is 16.1 Å². The second-order valence-electron chi connectivity index (χ2n) is 3.08. The van der Waals surface area contributed by atoms with E-state index >= 15 is 0 Å². The quantitative estimate of drug-likeness (QED) is 0.644. The van der Waals surface area contributed by atoms with Crippen molar-refractivity contribution in [2.75, 3.05) is 6.54 Å². The van der Waals surface area contributed by atoms with Crippen molar-refractivity contribution in [1.29, 1.82) is 0 Å². The summed E-state index contributed by atoms with van der Waals surface area (Å²) in [6.07, 6.45) is 6.34. The molecule has 0 amide bonds. The van der Waals surface area contributed by atoms with Crippen molar-refractivity contribution in [3.8, 4) is 0 Å². The first-order valence-corrected chi connectivity index (χ1v) is 4.07. The van der Waals surface area contributed by atoms with Gasteiger partial charge in [-0.1, -0.05) is 0 Å². The van der Waals surface area contributed by atoms with E-state index < -0.39 is 0 Å². The molecule has 11 heavy (non-hydrogen) atoms. The molecule has 60 valence electrons. The molecule has 0 saturated carbocycles. The molecule has 2 heterocycles. The normalized spacial score (nSPS) is 24.3. The van der Waals surface area contributed by atoms with Crippen molar-refractivity contribution in [2.45, 2.75) is 18.9 Å². The minimum absolute atomic E-state index is 0.544. The predicted octanol–water partition coefficient (Wildman–Crippen LogP) is 0.845. The maximum absolute atomic E-state index is 4.09. The minimum Gasteiger partial charge on any atom is -0.336 e. The molecule has 0 spiro atoms. The lowest BCUT2D eigenvalue weighted by Crippen LogP contribution is -2.15. The number of hydrogen-bond donors (Lipinski definition) is 1.